The van der Waals surface area contributed by atoms with E-state index in [0.29, 0.717) is 6.04 Å². The highest BCUT2D eigenvalue weighted by Gasteiger charge is 2.26. The van der Waals surface area contributed by atoms with Gasteiger partial charge in [-0.1, -0.05) is 0 Å². The number of methoxy groups -OCH3 is 2. The summed E-state index contributed by atoms with van der Waals surface area (Å²) in [6, 6.07) is 12.7. The molecule has 0 aromatic heterocycles. The van der Waals surface area contributed by atoms with Crippen LogP contribution < -0.4 is 19.3 Å². The van der Waals surface area contributed by atoms with Crippen molar-refractivity contribution in [3.8, 4) is 11.5 Å². The van der Waals surface area contributed by atoms with Gasteiger partial charge in [0.1, 0.15) is 12.3 Å². The van der Waals surface area contributed by atoms with E-state index < -0.39 is 0 Å². The van der Waals surface area contributed by atoms with Crippen LogP contribution >= 0.6 is 0 Å². The Labute approximate surface area is 161 Å². The molecule has 144 valence electrons. The minimum Gasteiger partial charge on any atom is -0.493 e. The van der Waals surface area contributed by atoms with Crippen molar-refractivity contribution in [1.29, 1.82) is 0 Å². The fourth-order valence-corrected chi connectivity index (χ4v) is 3.83. The summed E-state index contributed by atoms with van der Waals surface area (Å²) in [6.45, 7) is 8.43. The monoisotopic (exact) mass is 369 g/mol. The van der Waals surface area contributed by atoms with Gasteiger partial charge in [0, 0.05) is 16.8 Å². The van der Waals surface area contributed by atoms with Crippen LogP contribution in [0.4, 0.5) is 5.69 Å². The molecule has 1 fully saturated rings. The number of carbonyl (C=O) groups excluding carboxylic acids is 1. The molecule has 1 atom stereocenters. The molecule has 1 heterocycles. The van der Waals surface area contributed by atoms with Crippen molar-refractivity contribution in [3.05, 3.63) is 53.1 Å². The lowest BCUT2D eigenvalue weighted by atomic mass is 10.0. The van der Waals surface area contributed by atoms with Gasteiger partial charge < -0.3 is 19.3 Å². The third-order valence-electron chi connectivity index (χ3n) is 5.67. The topological polar surface area (TPSA) is 43.2 Å². The molecule has 1 aliphatic rings. The van der Waals surface area contributed by atoms with Gasteiger partial charge in [-0.05, 0) is 55.8 Å². The molecule has 1 saturated heterocycles. The van der Waals surface area contributed by atoms with Crippen molar-refractivity contribution < 1.29 is 19.2 Å². The van der Waals surface area contributed by atoms with Gasteiger partial charge in [0.15, 0.2) is 11.5 Å². The van der Waals surface area contributed by atoms with Crippen LogP contribution in [0.5, 0.6) is 11.5 Å². The van der Waals surface area contributed by atoms with Crippen LogP contribution in [-0.2, 0) is 0 Å². The Balaban J connectivity index is 1.66. The third-order valence-corrected chi connectivity index (χ3v) is 5.67. The maximum Gasteiger partial charge on any atom is 0.161 e. The molecule has 3 rings (SSSR count). The molecule has 0 radical (unpaired) electrons. The predicted octanol–water partition coefficient (Wildman–Crippen LogP) is 2.29. The van der Waals surface area contributed by atoms with Gasteiger partial charge in [0.25, 0.3) is 0 Å². The third kappa shape index (κ3) is 4.08. The quantitative estimate of drug-likeness (QED) is 0.794. The number of rotatable bonds is 6. The van der Waals surface area contributed by atoms with Crippen LogP contribution in [0.1, 0.15) is 34.5 Å². The molecule has 0 spiro atoms. The minimum absolute atomic E-state index is 0.395. The van der Waals surface area contributed by atoms with Crippen molar-refractivity contribution in [2.75, 3.05) is 45.3 Å². The second-order valence-corrected chi connectivity index (χ2v) is 7.14. The summed E-state index contributed by atoms with van der Waals surface area (Å²) in [7, 11) is 3.34. The van der Waals surface area contributed by atoms with Crippen molar-refractivity contribution >= 4 is 12.0 Å². The fourth-order valence-electron chi connectivity index (χ4n) is 3.83. The second-order valence-electron chi connectivity index (χ2n) is 7.14. The molecule has 5 nitrogen and oxygen atoms in total. The minimum atomic E-state index is 0.395. The average molecular weight is 369 g/mol. The zero-order valence-electron chi connectivity index (χ0n) is 16.6. The first-order valence-electron chi connectivity index (χ1n) is 9.44. The van der Waals surface area contributed by atoms with Crippen molar-refractivity contribution in [2.24, 2.45) is 0 Å². The lowest BCUT2D eigenvalue weighted by Gasteiger charge is -2.37. The van der Waals surface area contributed by atoms with Gasteiger partial charge >= 0.3 is 0 Å². The first-order valence-corrected chi connectivity index (χ1v) is 9.44. The Morgan fingerprint density at radius 1 is 1.04 bits per heavy atom. The van der Waals surface area contributed by atoms with E-state index in [0.717, 1.165) is 55.1 Å². The summed E-state index contributed by atoms with van der Waals surface area (Å²) >= 11 is 0. The summed E-state index contributed by atoms with van der Waals surface area (Å²) in [5, 5.41) is 0. The molecule has 0 saturated carbocycles. The summed E-state index contributed by atoms with van der Waals surface area (Å²) in [4.78, 5) is 15.0. The first-order chi connectivity index (χ1) is 13.1. The maximum atomic E-state index is 11.0. The Morgan fingerprint density at radius 3 is 2.33 bits per heavy atom. The summed E-state index contributed by atoms with van der Waals surface area (Å²) in [5.74, 6) is 1.55. The molecule has 1 N–H and O–H groups in total. The average Bonchev–Trinajstić information content (AvgIpc) is 2.72. The number of aryl methyl sites for hydroxylation is 1. The van der Waals surface area contributed by atoms with Crippen molar-refractivity contribution in [2.45, 2.75) is 19.9 Å². The van der Waals surface area contributed by atoms with Crippen LogP contribution in [0, 0.1) is 6.92 Å². The molecule has 0 bridgehead atoms. The van der Waals surface area contributed by atoms with Crippen LogP contribution in [0.25, 0.3) is 0 Å². The van der Waals surface area contributed by atoms with E-state index in [2.05, 4.69) is 36.1 Å². The molecule has 1 aliphatic heterocycles. The van der Waals surface area contributed by atoms with Crippen LogP contribution in [0.15, 0.2) is 36.4 Å². The largest absolute Gasteiger partial charge is 0.493 e. The van der Waals surface area contributed by atoms with E-state index in [1.54, 1.807) is 19.1 Å². The van der Waals surface area contributed by atoms with E-state index >= 15 is 0 Å². The standard InChI is InChI=1S/C22H28N2O3/c1-16-13-20(7-5-19(16)15-25)24-11-9-23(10-12-24)17(2)18-6-8-21(26-3)22(14-18)27-4/h5-8,13-15,17H,9-12H2,1-4H3/p+1/t17-/m0/s1. The lowest BCUT2D eigenvalue weighted by molar-refractivity contribution is -0.930. The highest BCUT2D eigenvalue weighted by molar-refractivity contribution is 5.78. The number of nitrogens with one attached hydrogen (secondary N) is 1. The van der Waals surface area contributed by atoms with Crippen molar-refractivity contribution in [3.63, 3.8) is 0 Å². The SMILES string of the molecule is COc1ccc([C@H](C)[NH+]2CCN(c3ccc(C=O)c(C)c3)CC2)cc1OC. The van der Waals surface area contributed by atoms with E-state index in [1.165, 1.54) is 11.3 Å². The molecule has 0 amide bonds. The maximum absolute atomic E-state index is 11.0. The Kier molecular flexibility index (Phi) is 6.01. The predicted molar refractivity (Wildman–Crippen MR) is 107 cm³/mol. The van der Waals surface area contributed by atoms with E-state index in [1.807, 2.05) is 19.1 Å². The first kappa shape index (κ1) is 19.2. The number of aldehydes is 1. The van der Waals surface area contributed by atoms with Gasteiger partial charge in [-0.3, -0.25) is 4.79 Å². The number of nitrogens with zero attached hydrogens (tertiary/aromatic N) is 1. The number of hydrogen-bond donors (Lipinski definition) is 1. The van der Waals surface area contributed by atoms with Gasteiger partial charge in [-0.25, -0.2) is 0 Å². The molecule has 27 heavy (non-hydrogen) atoms. The van der Waals surface area contributed by atoms with Crippen LogP contribution in [0.2, 0.25) is 0 Å². The van der Waals surface area contributed by atoms with Gasteiger partial charge in [0.05, 0.1) is 40.4 Å². The number of carbonyl (C=O) groups is 1. The molecular formula is C22H29N2O3+. The number of quaternary nitrogens is 1. The molecule has 0 unspecified atom stereocenters. The van der Waals surface area contributed by atoms with Gasteiger partial charge in [-0.2, -0.15) is 0 Å². The Bertz CT molecular complexity index is 798. The lowest BCUT2D eigenvalue weighted by Crippen LogP contribution is -3.14. The van der Waals surface area contributed by atoms with Crippen molar-refractivity contribution in [1.82, 2.24) is 0 Å². The van der Waals surface area contributed by atoms with E-state index in [-0.39, 0.29) is 0 Å². The zero-order valence-corrected chi connectivity index (χ0v) is 16.6. The van der Waals surface area contributed by atoms with E-state index in [4.69, 9.17) is 9.47 Å². The number of hydrogen-bond acceptors (Lipinski definition) is 4. The smallest absolute Gasteiger partial charge is 0.161 e. The second kappa shape index (κ2) is 8.44. The molecule has 2 aromatic rings. The summed E-state index contributed by atoms with van der Waals surface area (Å²) < 4.78 is 10.8. The highest BCUT2D eigenvalue weighted by Crippen LogP contribution is 2.29. The highest BCUT2D eigenvalue weighted by atomic mass is 16.5. The molecule has 2 aromatic carbocycles. The summed E-state index contributed by atoms with van der Waals surface area (Å²) in [5.41, 5.74) is 4.28. The Morgan fingerprint density at radius 2 is 1.74 bits per heavy atom. The van der Waals surface area contributed by atoms with E-state index in [9.17, 15) is 4.79 Å². The number of piperazine rings is 1. The van der Waals surface area contributed by atoms with Gasteiger partial charge in [0.2, 0.25) is 0 Å². The van der Waals surface area contributed by atoms with Crippen LogP contribution in [-0.4, -0.2) is 46.7 Å². The number of anilines is 1. The molecule has 5 heteroatoms. The molecular weight excluding hydrogens is 340 g/mol. The summed E-state index contributed by atoms with van der Waals surface area (Å²) in [6.07, 6.45) is 0.923. The Hall–Kier alpha value is -2.53. The zero-order chi connectivity index (χ0) is 19.4. The number of ether oxygens (including phenoxy) is 2. The fraction of sp³-hybridized carbons (Fsp3) is 0.409. The normalized spacial score (nSPS) is 16.1. The van der Waals surface area contributed by atoms with Crippen LogP contribution in [0.3, 0.4) is 0 Å². The van der Waals surface area contributed by atoms with Gasteiger partial charge in [-0.15, -0.1) is 0 Å². The molecule has 0 aliphatic carbocycles. The number of benzene rings is 2.